The third-order valence-corrected chi connectivity index (χ3v) is 6.76. The number of ether oxygens (including phenoxy) is 2. The summed E-state index contributed by atoms with van der Waals surface area (Å²) in [6.45, 7) is 6.62. The molecule has 1 saturated heterocycles. The maximum atomic E-state index is 12.5. The molecule has 1 aromatic heterocycles. The van der Waals surface area contributed by atoms with Gasteiger partial charge in [0.15, 0.2) is 0 Å². The van der Waals surface area contributed by atoms with Crippen molar-refractivity contribution in [2.24, 2.45) is 0 Å². The van der Waals surface area contributed by atoms with E-state index in [1.54, 1.807) is 6.07 Å². The Labute approximate surface area is 200 Å². The first-order chi connectivity index (χ1) is 15.9. The number of rotatable bonds is 12. The first-order valence-corrected chi connectivity index (χ1v) is 12.7. The van der Waals surface area contributed by atoms with E-state index in [9.17, 15) is 14.7 Å². The number of carbonyl (C=O) groups is 2. The molecule has 0 radical (unpaired) electrons. The van der Waals surface area contributed by atoms with E-state index in [1.165, 1.54) is 11.3 Å². The number of esters is 1. The van der Waals surface area contributed by atoms with Gasteiger partial charge in [-0.25, -0.2) is 4.79 Å². The summed E-state index contributed by atoms with van der Waals surface area (Å²) < 4.78 is 11.1. The molecule has 7 heteroatoms. The Morgan fingerprint density at radius 3 is 2.64 bits per heavy atom. The molecule has 1 aliphatic rings. The van der Waals surface area contributed by atoms with Crippen molar-refractivity contribution < 1.29 is 24.2 Å². The summed E-state index contributed by atoms with van der Waals surface area (Å²) in [4.78, 5) is 27.9. The van der Waals surface area contributed by atoms with Crippen molar-refractivity contribution >= 4 is 28.9 Å². The Kier molecular flexibility index (Phi) is 9.47. The second-order valence-corrected chi connectivity index (χ2v) is 9.96. The minimum absolute atomic E-state index is 0.0248. The lowest BCUT2D eigenvalue weighted by atomic mass is 10.0. The van der Waals surface area contributed by atoms with E-state index >= 15 is 0 Å². The molecule has 33 heavy (non-hydrogen) atoms. The number of hydrogen-bond donors (Lipinski definition) is 1. The molecule has 1 fully saturated rings. The Morgan fingerprint density at radius 1 is 1.18 bits per heavy atom. The van der Waals surface area contributed by atoms with Crippen LogP contribution in [0.4, 0.5) is 5.69 Å². The molecule has 0 spiro atoms. The van der Waals surface area contributed by atoms with Crippen molar-refractivity contribution in [3.05, 3.63) is 51.7 Å². The smallest absolute Gasteiger partial charge is 0.348 e. The van der Waals surface area contributed by atoms with E-state index in [0.29, 0.717) is 24.5 Å². The quantitative estimate of drug-likeness (QED) is 0.319. The summed E-state index contributed by atoms with van der Waals surface area (Å²) in [5.41, 5.74) is 1.73. The van der Waals surface area contributed by atoms with E-state index in [-0.39, 0.29) is 24.0 Å². The lowest BCUT2D eigenvalue weighted by Crippen LogP contribution is -2.36. The molecule has 2 heterocycles. The number of amides is 1. The van der Waals surface area contributed by atoms with Crippen molar-refractivity contribution in [2.45, 2.75) is 84.2 Å². The average Bonchev–Trinajstić information content (AvgIpc) is 3.40. The van der Waals surface area contributed by atoms with Crippen LogP contribution in [-0.4, -0.2) is 35.7 Å². The highest BCUT2D eigenvalue weighted by Gasteiger charge is 2.32. The van der Waals surface area contributed by atoms with Crippen LogP contribution in [0.25, 0.3) is 0 Å². The zero-order valence-corrected chi connectivity index (χ0v) is 20.6. The van der Waals surface area contributed by atoms with Gasteiger partial charge in [-0.15, -0.1) is 11.3 Å². The summed E-state index contributed by atoms with van der Waals surface area (Å²) in [6, 6.07) is 11.3. The van der Waals surface area contributed by atoms with Crippen LogP contribution in [0.3, 0.4) is 0 Å². The van der Waals surface area contributed by atoms with Gasteiger partial charge >= 0.3 is 5.97 Å². The molecule has 1 aromatic carbocycles. The molecule has 1 unspecified atom stereocenters. The fraction of sp³-hybridized carbons (Fsp3) is 0.538. The van der Waals surface area contributed by atoms with Gasteiger partial charge in [-0.05, 0) is 56.5 Å². The molecule has 1 amide bonds. The molecule has 3 rings (SSSR count). The van der Waals surface area contributed by atoms with Gasteiger partial charge in [0.1, 0.15) is 4.88 Å². The number of hydrogen-bond acceptors (Lipinski definition) is 6. The second-order valence-electron chi connectivity index (χ2n) is 8.79. The highest BCUT2D eigenvalue weighted by molar-refractivity contribution is 7.13. The fourth-order valence-corrected chi connectivity index (χ4v) is 4.83. The maximum Gasteiger partial charge on any atom is 0.348 e. The molecule has 1 N–H and O–H groups in total. The van der Waals surface area contributed by atoms with Crippen LogP contribution in [0, 0.1) is 0 Å². The fourth-order valence-electron chi connectivity index (χ4n) is 4.00. The number of aliphatic hydroxyl groups is 1. The van der Waals surface area contributed by atoms with E-state index in [2.05, 4.69) is 6.92 Å². The van der Waals surface area contributed by atoms with E-state index in [4.69, 9.17) is 9.47 Å². The third kappa shape index (κ3) is 7.13. The lowest BCUT2D eigenvalue weighted by Gasteiger charge is -2.25. The zero-order chi connectivity index (χ0) is 23.8. The number of unbranched alkanes of at least 4 members (excludes halogenated alkanes) is 2. The Morgan fingerprint density at radius 2 is 1.94 bits per heavy atom. The average molecular weight is 474 g/mol. The molecule has 2 atom stereocenters. The predicted molar refractivity (Wildman–Crippen MR) is 131 cm³/mol. The third-order valence-electron chi connectivity index (χ3n) is 5.72. The molecule has 1 aliphatic heterocycles. The highest BCUT2D eigenvalue weighted by Crippen LogP contribution is 2.29. The molecule has 6 nitrogen and oxygen atoms in total. The largest absolute Gasteiger partial charge is 0.459 e. The number of nitrogens with zero attached hydrogens (tertiary/aromatic N) is 1. The monoisotopic (exact) mass is 473 g/mol. The van der Waals surface area contributed by atoms with E-state index in [1.807, 2.05) is 49.1 Å². The molecule has 180 valence electrons. The SMILES string of the molecule is CCCCC[C@H](O)c1ccc(N2C(=O)CCC2COCc2ccc(C(=O)OC(C)C)s2)cc1. The minimum atomic E-state index is -0.465. The molecular formula is C26H35NO5S. The number of anilines is 1. The van der Waals surface area contributed by atoms with Gasteiger partial charge in [-0.1, -0.05) is 38.3 Å². The Hall–Kier alpha value is -2.22. The maximum absolute atomic E-state index is 12.5. The number of thiophene rings is 1. The van der Waals surface area contributed by atoms with Crippen LogP contribution in [-0.2, 0) is 20.9 Å². The van der Waals surface area contributed by atoms with Gasteiger partial charge in [0.2, 0.25) is 5.91 Å². The van der Waals surface area contributed by atoms with Crippen molar-refractivity contribution in [1.29, 1.82) is 0 Å². The van der Waals surface area contributed by atoms with Crippen LogP contribution in [0.2, 0.25) is 0 Å². The summed E-state index contributed by atoms with van der Waals surface area (Å²) in [5, 5.41) is 10.4. The summed E-state index contributed by atoms with van der Waals surface area (Å²) in [5.74, 6) is -0.220. The van der Waals surface area contributed by atoms with Crippen LogP contribution in [0.1, 0.15) is 85.5 Å². The van der Waals surface area contributed by atoms with E-state index < -0.39 is 6.10 Å². The van der Waals surface area contributed by atoms with Crippen LogP contribution in [0.15, 0.2) is 36.4 Å². The van der Waals surface area contributed by atoms with Gasteiger partial charge in [-0.3, -0.25) is 4.79 Å². The second kappa shape index (κ2) is 12.3. The van der Waals surface area contributed by atoms with Crippen molar-refractivity contribution in [2.75, 3.05) is 11.5 Å². The van der Waals surface area contributed by atoms with Crippen LogP contribution in [0.5, 0.6) is 0 Å². The number of aliphatic hydroxyl groups excluding tert-OH is 1. The first-order valence-electron chi connectivity index (χ1n) is 11.9. The van der Waals surface area contributed by atoms with Crippen LogP contribution >= 0.6 is 11.3 Å². The number of carbonyl (C=O) groups excluding carboxylic acids is 2. The topological polar surface area (TPSA) is 76.1 Å². The molecule has 0 bridgehead atoms. The lowest BCUT2D eigenvalue weighted by molar-refractivity contribution is -0.117. The van der Waals surface area contributed by atoms with E-state index in [0.717, 1.165) is 48.2 Å². The standard InChI is InChI=1S/C26H35NO5S/c1-4-5-6-7-23(28)19-8-10-20(11-9-19)27-21(12-15-25(27)29)16-31-17-22-13-14-24(33-22)26(30)32-18(2)3/h8-11,13-14,18,21,23,28H,4-7,12,15-17H2,1-3H3/t21?,23-/m0/s1. The van der Waals surface area contributed by atoms with Crippen molar-refractivity contribution in [3.63, 3.8) is 0 Å². The van der Waals surface area contributed by atoms with Gasteiger partial charge in [0, 0.05) is 17.0 Å². The predicted octanol–water partition coefficient (Wildman–Crippen LogP) is 5.64. The molecule has 0 aliphatic carbocycles. The van der Waals surface area contributed by atoms with Gasteiger partial charge in [0.05, 0.1) is 31.5 Å². The normalized spacial score (nSPS) is 17.1. The van der Waals surface area contributed by atoms with Gasteiger partial charge in [-0.2, -0.15) is 0 Å². The molecule has 0 saturated carbocycles. The Bertz CT molecular complexity index is 908. The summed E-state index contributed by atoms with van der Waals surface area (Å²) >= 11 is 1.37. The van der Waals surface area contributed by atoms with Crippen molar-refractivity contribution in [3.8, 4) is 0 Å². The van der Waals surface area contributed by atoms with Gasteiger partial charge < -0.3 is 19.5 Å². The zero-order valence-electron chi connectivity index (χ0n) is 19.8. The minimum Gasteiger partial charge on any atom is -0.459 e. The summed E-state index contributed by atoms with van der Waals surface area (Å²) in [6.07, 6.45) is 4.64. The molecule has 2 aromatic rings. The Balaban J connectivity index is 1.54. The molecular weight excluding hydrogens is 438 g/mol. The summed E-state index contributed by atoms with van der Waals surface area (Å²) in [7, 11) is 0. The highest BCUT2D eigenvalue weighted by atomic mass is 32.1. The number of benzene rings is 1. The van der Waals surface area contributed by atoms with Crippen molar-refractivity contribution in [1.82, 2.24) is 0 Å². The van der Waals surface area contributed by atoms with Gasteiger partial charge in [0.25, 0.3) is 0 Å². The van der Waals surface area contributed by atoms with Crippen LogP contribution < -0.4 is 4.90 Å². The first kappa shape index (κ1) is 25.4.